The molecule has 0 radical (unpaired) electrons. The molecule has 1 aliphatic rings. The van der Waals surface area contributed by atoms with Gasteiger partial charge in [0, 0.05) is 39.2 Å². The van der Waals surface area contributed by atoms with Gasteiger partial charge in [0.05, 0.1) is 22.4 Å². The number of allylic oxidation sites excluding steroid dienone is 3. The minimum absolute atomic E-state index is 0.230. The molecule has 1 atom stereocenters. The Labute approximate surface area is 361 Å². The van der Waals surface area contributed by atoms with Gasteiger partial charge in [-0.15, -0.1) is 0 Å². The van der Waals surface area contributed by atoms with Gasteiger partial charge in [-0.05, 0) is 104 Å². The lowest BCUT2D eigenvalue weighted by molar-refractivity contribution is 0.849. The minimum atomic E-state index is 0.230. The molecule has 1 aliphatic carbocycles. The standard InChI is InChI=1S/C60H42N2/c1-2-16-41(17-3-1)42-32-36-46(37-33-42)61(47-38-34-44(35-39-47)55-40-45-31-30-43-18-4-5-19-48(43)60(45)54-25-7-6-20-49(54)55)56-26-12-8-21-50(56)51-22-9-13-27-57(51)62-58-28-14-10-23-52(58)53-24-11-15-29-59(53)62/h1-34,36-40,44H,35H2. The zero-order chi connectivity index (χ0) is 41.0. The van der Waals surface area contributed by atoms with Gasteiger partial charge in [-0.2, -0.15) is 0 Å². The van der Waals surface area contributed by atoms with Crippen LogP contribution in [0.2, 0.25) is 0 Å². The first-order chi connectivity index (χ1) is 30.8. The fourth-order valence-corrected chi connectivity index (χ4v) is 10.1. The summed E-state index contributed by atoms with van der Waals surface area (Å²) in [5.74, 6) is 0.230. The van der Waals surface area contributed by atoms with Gasteiger partial charge in [-0.25, -0.2) is 0 Å². The topological polar surface area (TPSA) is 8.17 Å². The maximum absolute atomic E-state index is 2.46. The molecule has 0 N–H and O–H groups in total. The first kappa shape index (κ1) is 36.0. The number of hydrogen-bond acceptors (Lipinski definition) is 1. The summed E-state index contributed by atoms with van der Waals surface area (Å²) in [7, 11) is 0. The Kier molecular flexibility index (Phi) is 8.67. The van der Waals surface area contributed by atoms with Gasteiger partial charge in [0.1, 0.15) is 0 Å². The molecule has 0 saturated heterocycles. The lowest BCUT2D eigenvalue weighted by Crippen LogP contribution is -2.18. The van der Waals surface area contributed by atoms with Gasteiger partial charge in [0.2, 0.25) is 0 Å². The third kappa shape index (κ3) is 5.95. The van der Waals surface area contributed by atoms with Crippen LogP contribution in [-0.2, 0) is 0 Å². The Bertz CT molecular complexity index is 3500. The average Bonchev–Trinajstić information content (AvgIpc) is 3.69. The highest BCUT2D eigenvalue weighted by Crippen LogP contribution is 2.45. The molecular weight excluding hydrogens is 749 g/mol. The number of fused-ring (bicyclic) bond motifs is 8. The van der Waals surface area contributed by atoms with Gasteiger partial charge in [0.15, 0.2) is 0 Å². The Morgan fingerprint density at radius 1 is 0.435 bits per heavy atom. The first-order valence-electron chi connectivity index (χ1n) is 21.6. The monoisotopic (exact) mass is 790 g/mol. The lowest BCUT2D eigenvalue weighted by Gasteiger charge is -2.31. The third-order valence-electron chi connectivity index (χ3n) is 12.9. The number of nitrogens with zero attached hydrogens (tertiary/aromatic N) is 2. The van der Waals surface area contributed by atoms with Crippen LogP contribution in [0, 0.1) is 0 Å². The molecule has 0 amide bonds. The molecule has 12 rings (SSSR count). The van der Waals surface area contributed by atoms with Crippen molar-refractivity contribution in [1.82, 2.24) is 4.57 Å². The summed E-state index contributed by atoms with van der Waals surface area (Å²) in [5, 5.41) is 10.4. The number of anilines is 2. The lowest BCUT2D eigenvalue weighted by atomic mass is 9.85. The van der Waals surface area contributed by atoms with E-state index in [1.165, 1.54) is 81.9 Å². The number of hydrogen-bond donors (Lipinski definition) is 0. The third-order valence-corrected chi connectivity index (χ3v) is 12.9. The van der Waals surface area contributed by atoms with Crippen molar-refractivity contribution in [3.05, 3.63) is 248 Å². The number of benzene rings is 10. The van der Waals surface area contributed by atoms with E-state index in [1.807, 2.05) is 0 Å². The van der Waals surface area contributed by atoms with E-state index >= 15 is 0 Å². The molecule has 2 heteroatoms. The van der Waals surface area contributed by atoms with E-state index in [9.17, 15) is 0 Å². The number of aromatic nitrogens is 1. The van der Waals surface area contributed by atoms with Gasteiger partial charge in [-0.1, -0.05) is 188 Å². The van der Waals surface area contributed by atoms with E-state index in [2.05, 4.69) is 246 Å². The van der Waals surface area contributed by atoms with E-state index in [-0.39, 0.29) is 5.92 Å². The molecular formula is C60H42N2. The Morgan fingerprint density at radius 2 is 1.02 bits per heavy atom. The van der Waals surface area contributed by atoms with Crippen LogP contribution in [0.5, 0.6) is 0 Å². The van der Waals surface area contributed by atoms with E-state index in [0.29, 0.717) is 0 Å². The summed E-state index contributed by atoms with van der Waals surface area (Å²) in [5.41, 5.74) is 13.1. The van der Waals surface area contributed by atoms with Crippen LogP contribution < -0.4 is 4.90 Å². The molecule has 1 unspecified atom stereocenters. The summed E-state index contributed by atoms with van der Waals surface area (Å²) < 4.78 is 2.44. The van der Waals surface area contributed by atoms with Crippen LogP contribution >= 0.6 is 0 Å². The summed E-state index contributed by atoms with van der Waals surface area (Å²) in [6, 6.07) is 79.8. The molecule has 0 saturated carbocycles. The second-order valence-electron chi connectivity index (χ2n) is 16.4. The molecule has 0 aliphatic heterocycles. The highest BCUT2D eigenvalue weighted by atomic mass is 15.1. The van der Waals surface area contributed by atoms with Crippen molar-refractivity contribution in [3.63, 3.8) is 0 Å². The number of rotatable bonds is 7. The van der Waals surface area contributed by atoms with Crippen molar-refractivity contribution in [1.29, 1.82) is 0 Å². The van der Waals surface area contributed by atoms with E-state index < -0.39 is 0 Å². The maximum atomic E-state index is 2.46. The quantitative estimate of drug-likeness (QED) is 0.146. The highest BCUT2D eigenvalue weighted by Gasteiger charge is 2.24. The van der Waals surface area contributed by atoms with E-state index in [4.69, 9.17) is 0 Å². The Morgan fingerprint density at radius 3 is 1.76 bits per heavy atom. The second kappa shape index (κ2) is 15.0. The molecule has 1 heterocycles. The first-order valence-corrected chi connectivity index (χ1v) is 21.6. The van der Waals surface area contributed by atoms with Crippen molar-refractivity contribution in [2.75, 3.05) is 4.90 Å². The number of para-hydroxylation sites is 4. The van der Waals surface area contributed by atoms with Crippen molar-refractivity contribution in [2.45, 2.75) is 12.3 Å². The second-order valence-corrected chi connectivity index (χ2v) is 16.4. The van der Waals surface area contributed by atoms with Crippen LogP contribution in [-0.4, -0.2) is 4.57 Å². The average molecular weight is 791 g/mol. The summed E-state index contributed by atoms with van der Waals surface area (Å²) in [6.07, 6.45) is 8.12. The zero-order valence-corrected chi connectivity index (χ0v) is 34.2. The Hall–Kier alpha value is -7.94. The van der Waals surface area contributed by atoms with Crippen molar-refractivity contribution < 1.29 is 0 Å². The smallest absolute Gasteiger partial charge is 0.0541 e. The van der Waals surface area contributed by atoms with E-state index in [0.717, 1.165) is 29.2 Å². The van der Waals surface area contributed by atoms with E-state index in [1.54, 1.807) is 0 Å². The SMILES string of the molecule is C1=CC(c2cc3ccc4ccccc4c3c3ccccc23)CC=C1N(c1ccc(-c2ccccc2)cc1)c1ccccc1-c1ccccc1-n1c2ccccc2c2ccccc21. The van der Waals surface area contributed by atoms with Gasteiger partial charge < -0.3 is 9.47 Å². The summed E-state index contributed by atoms with van der Waals surface area (Å²) >= 11 is 0. The molecule has 0 bridgehead atoms. The van der Waals surface area contributed by atoms with Gasteiger partial charge in [-0.3, -0.25) is 0 Å². The molecule has 2 nitrogen and oxygen atoms in total. The fourth-order valence-electron chi connectivity index (χ4n) is 10.1. The molecule has 11 aromatic rings. The molecule has 292 valence electrons. The van der Waals surface area contributed by atoms with Crippen LogP contribution in [0.1, 0.15) is 17.9 Å². The largest absolute Gasteiger partial charge is 0.310 e. The van der Waals surface area contributed by atoms with Gasteiger partial charge >= 0.3 is 0 Å². The van der Waals surface area contributed by atoms with Crippen LogP contribution in [0.15, 0.2) is 242 Å². The minimum Gasteiger partial charge on any atom is -0.310 e. The molecule has 10 aromatic carbocycles. The van der Waals surface area contributed by atoms with Gasteiger partial charge in [0.25, 0.3) is 0 Å². The van der Waals surface area contributed by atoms with Crippen LogP contribution in [0.3, 0.4) is 0 Å². The Balaban J connectivity index is 1.00. The fraction of sp³-hybridized carbons (Fsp3) is 0.0333. The van der Waals surface area contributed by atoms with Crippen LogP contribution in [0.4, 0.5) is 11.4 Å². The molecule has 62 heavy (non-hydrogen) atoms. The van der Waals surface area contributed by atoms with Crippen molar-refractivity contribution in [2.24, 2.45) is 0 Å². The zero-order valence-electron chi connectivity index (χ0n) is 34.2. The predicted molar refractivity (Wildman–Crippen MR) is 264 cm³/mol. The normalized spacial score (nSPS) is 13.9. The molecule has 0 fully saturated rings. The molecule has 1 aromatic heterocycles. The highest BCUT2D eigenvalue weighted by molar-refractivity contribution is 6.21. The summed E-state index contributed by atoms with van der Waals surface area (Å²) in [4.78, 5) is 2.46. The maximum Gasteiger partial charge on any atom is 0.0541 e. The summed E-state index contributed by atoms with van der Waals surface area (Å²) in [6.45, 7) is 0. The predicted octanol–water partition coefficient (Wildman–Crippen LogP) is 16.3. The molecule has 0 spiro atoms. The van der Waals surface area contributed by atoms with Crippen molar-refractivity contribution >= 4 is 65.5 Å². The van der Waals surface area contributed by atoms with Crippen LogP contribution in [0.25, 0.3) is 82.1 Å². The van der Waals surface area contributed by atoms with Crippen molar-refractivity contribution in [3.8, 4) is 27.9 Å².